The van der Waals surface area contributed by atoms with Gasteiger partial charge >= 0.3 is 0 Å². The number of ether oxygens (including phenoxy) is 1. The van der Waals surface area contributed by atoms with Gasteiger partial charge in [-0.1, -0.05) is 66.4 Å². The number of thiocarbonyl (C=S) groups is 1. The van der Waals surface area contributed by atoms with Gasteiger partial charge in [0.15, 0.2) is 0 Å². The predicted octanol–water partition coefficient (Wildman–Crippen LogP) is 4.73. The molecular formula is C23H27N3O2S2. The number of benzene rings is 2. The van der Waals surface area contributed by atoms with E-state index in [0.717, 1.165) is 40.0 Å². The van der Waals surface area contributed by atoms with Gasteiger partial charge in [-0.05, 0) is 37.1 Å². The molecule has 158 valence electrons. The molecule has 1 aliphatic heterocycles. The van der Waals surface area contributed by atoms with Crippen LogP contribution in [0.3, 0.4) is 0 Å². The van der Waals surface area contributed by atoms with Crippen LogP contribution in [0, 0.1) is 0 Å². The van der Waals surface area contributed by atoms with Crippen molar-refractivity contribution in [3.05, 3.63) is 65.7 Å². The number of hydrazone groups is 1. The molecule has 1 atom stereocenters. The normalized spacial score (nSPS) is 15.6. The molecule has 2 aromatic carbocycles. The van der Waals surface area contributed by atoms with Gasteiger partial charge in [-0.25, -0.2) is 5.01 Å². The number of thioether (sulfide) groups is 1. The van der Waals surface area contributed by atoms with E-state index in [1.54, 1.807) is 12.1 Å². The zero-order chi connectivity index (χ0) is 21.5. The number of hydrogen-bond acceptors (Lipinski definition) is 5. The molecule has 30 heavy (non-hydrogen) atoms. The SMILES string of the molecule is CCN(CC)C(=S)SCC(=O)N1N=C(c2ccccc2)CC1c1ccc(OC)cc1. The van der Waals surface area contributed by atoms with Crippen LogP contribution in [-0.2, 0) is 4.79 Å². The van der Waals surface area contributed by atoms with Gasteiger partial charge in [0.05, 0.1) is 24.6 Å². The van der Waals surface area contributed by atoms with Crippen molar-refractivity contribution in [2.75, 3.05) is 26.0 Å². The average Bonchev–Trinajstić information content (AvgIpc) is 3.24. The minimum Gasteiger partial charge on any atom is -0.497 e. The van der Waals surface area contributed by atoms with Crippen molar-refractivity contribution in [3.8, 4) is 5.75 Å². The summed E-state index contributed by atoms with van der Waals surface area (Å²) in [4.78, 5) is 15.2. The van der Waals surface area contributed by atoms with E-state index in [4.69, 9.17) is 22.1 Å². The highest BCUT2D eigenvalue weighted by Gasteiger charge is 2.33. The van der Waals surface area contributed by atoms with Crippen molar-refractivity contribution in [2.45, 2.75) is 26.3 Å². The van der Waals surface area contributed by atoms with E-state index in [-0.39, 0.29) is 17.7 Å². The van der Waals surface area contributed by atoms with Crippen molar-refractivity contribution in [2.24, 2.45) is 5.10 Å². The van der Waals surface area contributed by atoms with Crippen LogP contribution >= 0.6 is 24.0 Å². The molecule has 0 saturated heterocycles. The fourth-order valence-electron chi connectivity index (χ4n) is 3.39. The molecule has 1 unspecified atom stereocenters. The summed E-state index contributed by atoms with van der Waals surface area (Å²) in [5.41, 5.74) is 2.99. The number of carbonyl (C=O) groups is 1. The maximum atomic E-state index is 13.1. The molecule has 0 saturated carbocycles. The summed E-state index contributed by atoms with van der Waals surface area (Å²) in [6.45, 7) is 5.81. The Bertz CT molecular complexity index is 896. The van der Waals surface area contributed by atoms with Crippen LogP contribution in [0.25, 0.3) is 0 Å². The van der Waals surface area contributed by atoms with Crippen molar-refractivity contribution >= 4 is 39.9 Å². The second kappa shape index (κ2) is 10.6. The van der Waals surface area contributed by atoms with E-state index in [1.165, 1.54) is 11.8 Å². The molecule has 1 heterocycles. The standard InChI is InChI=1S/C23H27N3O2S2/c1-4-25(5-2)23(29)30-16-22(27)26-21(18-11-13-19(28-3)14-12-18)15-20(24-26)17-9-7-6-8-10-17/h6-14,21H,4-5,15-16H2,1-3H3. The number of amides is 1. The van der Waals surface area contributed by atoms with Gasteiger partial charge in [0.25, 0.3) is 5.91 Å². The Morgan fingerprint density at radius 2 is 1.83 bits per heavy atom. The molecule has 0 bridgehead atoms. The first kappa shape index (κ1) is 22.3. The van der Waals surface area contributed by atoms with Crippen molar-refractivity contribution < 1.29 is 9.53 Å². The Hall–Kier alpha value is -2.38. The largest absolute Gasteiger partial charge is 0.497 e. The number of methoxy groups -OCH3 is 1. The summed E-state index contributed by atoms with van der Waals surface area (Å²) in [5.74, 6) is 1.02. The zero-order valence-electron chi connectivity index (χ0n) is 17.6. The monoisotopic (exact) mass is 441 g/mol. The summed E-state index contributed by atoms with van der Waals surface area (Å²) in [7, 11) is 1.65. The Morgan fingerprint density at radius 1 is 1.17 bits per heavy atom. The highest BCUT2D eigenvalue weighted by molar-refractivity contribution is 8.23. The maximum Gasteiger partial charge on any atom is 0.253 e. The number of rotatable bonds is 7. The first-order valence-corrected chi connectivity index (χ1v) is 11.5. The molecule has 0 N–H and O–H groups in total. The summed E-state index contributed by atoms with van der Waals surface area (Å²) in [6, 6.07) is 17.7. The first-order chi connectivity index (χ1) is 14.6. The third kappa shape index (κ3) is 5.21. The van der Waals surface area contributed by atoms with Crippen LogP contribution in [0.2, 0.25) is 0 Å². The average molecular weight is 442 g/mol. The minimum absolute atomic E-state index is 0.0405. The van der Waals surface area contributed by atoms with Gasteiger partial charge < -0.3 is 9.64 Å². The fourth-order valence-corrected chi connectivity index (χ4v) is 4.65. The van der Waals surface area contributed by atoms with E-state index < -0.39 is 0 Å². The number of carbonyl (C=O) groups excluding carboxylic acids is 1. The van der Waals surface area contributed by atoms with Gasteiger partial charge in [-0.2, -0.15) is 5.10 Å². The van der Waals surface area contributed by atoms with E-state index >= 15 is 0 Å². The number of nitrogens with zero attached hydrogens (tertiary/aromatic N) is 3. The number of hydrogen-bond donors (Lipinski definition) is 0. The van der Waals surface area contributed by atoms with E-state index in [9.17, 15) is 4.79 Å². The van der Waals surface area contributed by atoms with Crippen LogP contribution in [0.5, 0.6) is 5.75 Å². The Morgan fingerprint density at radius 3 is 2.43 bits per heavy atom. The first-order valence-electron chi connectivity index (χ1n) is 10.1. The Labute approximate surface area is 188 Å². The van der Waals surface area contributed by atoms with Crippen molar-refractivity contribution in [1.29, 1.82) is 0 Å². The smallest absolute Gasteiger partial charge is 0.253 e. The van der Waals surface area contributed by atoms with E-state index in [0.29, 0.717) is 6.42 Å². The highest BCUT2D eigenvalue weighted by atomic mass is 32.2. The molecular weight excluding hydrogens is 414 g/mol. The molecule has 0 aliphatic carbocycles. The quantitative estimate of drug-likeness (QED) is 0.581. The summed E-state index contributed by atoms with van der Waals surface area (Å²) < 4.78 is 6.02. The molecule has 5 nitrogen and oxygen atoms in total. The molecule has 0 radical (unpaired) electrons. The molecule has 0 fully saturated rings. The Balaban J connectivity index is 1.80. The molecule has 0 spiro atoms. The van der Waals surface area contributed by atoms with Crippen molar-refractivity contribution in [3.63, 3.8) is 0 Å². The van der Waals surface area contributed by atoms with Crippen LogP contribution in [0.1, 0.15) is 37.4 Å². The fraction of sp³-hybridized carbons (Fsp3) is 0.348. The molecule has 2 aromatic rings. The second-order valence-corrected chi connectivity index (χ2v) is 8.48. The lowest BCUT2D eigenvalue weighted by molar-refractivity contribution is -0.130. The molecule has 3 rings (SSSR count). The van der Waals surface area contributed by atoms with E-state index in [1.807, 2.05) is 54.6 Å². The molecule has 0 aromatic heterocycles. The highest BCUT2D eigenvalue weighted by Crippen LogP contribution is 2.34. The summed E-state index contributed by atoms with van der Waals surface area (Å²) in [6.07, 6.45) is 0.674. The van der Waals surface area contributed by atoms with Gasteiger partial charge in [-0.15, -0.1) is 0 Å². The third-order valence-corrected chi connectivity index (χ3v) is 6.62. The maximum absolute atomic E-state index is 13.1. The lowest BCUT2D eigenvalue weighted by Gasteiger charge is -2.24. The topological polar surface area (TPSA) is 45.1 Å². The van der Waals surface area contributed by atoms with Gasteiger partial charge in [-0.3, -0.25) is 4.79 Å². The van der Waals surface area contributed by atoms with Crippen LogP contribution in [0.15, 0.2) is 59.7 Å². The molecule has 1 aliphatic rings. The second-order valence-electron chi connectivity index (χ2n) is 6.87. The lowest BCUT2D eigenvalue weighted by atomic mass is 9.98. The van der Waals surface area contributed by atoms with Gasteiger partial charge in [0.1, 0.15) is 10.1 Å². The van der Waals surface area contributed by atoms with Gasteiger partial charge in [0.2, 0.25) is 0 Å². The summed E-state index contributed by atoms with van der Waals surface area (Å²) >= 11 is 6.89. The Kier molecular flexibility index (Phi) is 7.87. The van der Waals surface area contributed by atoms with Crippen LogP contribution in [-0.4, -0.2) is 51.8 Å². The lowest BCUT2D eigenvalue weighted by Crippen LogP contribution is -2.31. The summed E-state index contributed by atoms with van der Waals surface area (Å²) in [5, 5.41) is 6.35. The van der Waals surface area contributed by atoms with Crippen LogP contribution in [0.4, 0.5) is 0 Å². The van der Waals surface area contributed by atoms with Crippen LogP contribution < -0.4 is 4.74 Å². The van der Waals surface area contributed by atoms with Crippen molar-refractivity contribution in [1.82, 2.24) is 9.91 Å². The zero-order valence-corrected chi connectivity index (χ0v) is 19.2. The van der Waals surface area contributed by atoms with E-state index in [2.05, 4.69) is 18.7 Å². The molecule has 1 amide bonds. The minimum atomic E-state index is -0.138. The third-order valence-electron chi connectivity index (χ3n) is 5.11. The molecule has 7 heteroatoms. The van der Waals surface area contributed by atoms with Gasteiger partial charge in [0, 0.05) is 19.5 Å². The predicted molar refractivity (Wildman–Crippen MR) is 128 cm³/mol.